The van der Waals surface area contributed by atoms with Crippen LogP contribution in [-0.2, 0) is 20.9 Å². The highest BCUT2D eigenvalue weighted by atomic mass is 16.5. The summed E-state index contributed by atoms with van der Waals surface area (Å²) in [4.78, 5) is 23.0. The first kappa shape index (κ1) is 14.0. The van der Waals surface area contributed by atoms with Gasteiger partial charge < -0.3 is 15.8 Å². The van der Waals surface area contributed by atoms with Crippen molar-refractivity contribution < 1.29 is 14.3 Å². The second-order valence-corrected chi connectivity index (χ2v) is 4.23. The zero-order valence-electron chi connectivity index (χ0n) is 10.7. The van der Waals surface area contributed by atoms with Crippen molar-refractivity contribution in [3.05, 3.63) is 12.3 Å². The van der Waals surface area contributed by atoms with E-state index in [-0.39, 0.29) is 18.5 Å². The largest absolute Gasteiger partial charge is 0.451 e. The molecule has 0 fully saturated rings. The van der Waals surface area contributed by atoms with Gasteiger partial charge in [-0.2, -0.15) is 5.10 Å². The fourth-order valence-corrected chi connectivity index (χ4v) is 1.29. The average molecular weight is 254 g/mol. The fraction of sp³-hybridized carbons (Fsp3) is 0.545. The minimum atomic E-state index is -0.826. The zero-order valence-corrected chi connectivity index (χ0v) is 10.7. The number of ether oxygens (including phenoxy) is 1. The van der Waals surface area contributed by atoms with E-state index in [1.54, 1.807) is 12.3 Å². The van der Waals surface area contributed by atoms with Crippen LogP contribution in [0.5, 0.6) is 0 Å². The maximum Gasteiger partial charge on any atom is 0.328 e. The molecule has 18 heavy (non-hydrogen) atoms. The summed E-state index contributed by atoms with van der Waals surface area (Å²) >= 11 is 0. The number of anilines is 1. The second kappa shape index (κ2) is 6.04. The van der Waals surface area contributed by atoms with Crippen molar-refractivity contribution in [1.29, 1.82) is 0 Å². The Labute approximate surface area is 105 Å². The van der Waals surface area contributed by atoms with Crippen LogP contribution in [0.4, 0.5) is 5.82 Å². The van der Waals surface area contributed by atoms with Gasteiger partial charge in [0.1, 0.15) is 12.4 Å². The van der Waals surface area contributed by atoms with Crippen molar-refractivity contribution in [3.63, 3.8) is 0 Å². The third-order valence-electron chi connectivity index (χ3n) is 2.06. The van der Waals surface area contributed by atoms with Gasteiger partial charge in [-0.25, -0.2) is 0 Å². The van der Waals surface area contributed by atoms with Gasteiger partial charge in [0.2, 0.25) is 0 Å². The summed E-state index contributed by atoms with van der Waals surface area (Å²) in [5.74, 6) is -0.531. The van der Waals surface area contributed by atoms with Crippen LogP contribution in [0, 0.1) is 0 Å². The number of nitrogens with zero attached hydrogens (tertiary/aromatic N) is 2. The summed E-state index contributed by atoms with van der Waals surface area (Å²) in [7, 11) is 0. The molecule has 0 saturated carbocycles. The first-order chi connectivity index (χ1) is 8.38. The van der Waals surface area contributed by atoms with Gasteiger partial charge in [-0.3, -0.25) is 14.3 Å². The number of hydrogen-bond acceptors (Lipinski definition) is 5. The van der Waals surface area contributed by atoms with Gasteiger partial charge in [0.25, 0.3) is 5.91 Å². The zero-order chi connectivity index (χ0) is 13.7. The molecule has 0 aromatic carbocycles. The van der Waals surface area contributed by atoms with Gasteiger partial charge in [0.05, 0.1) is 0 Å². The predicted molar refractivity (Wildman–Crippen MR) is 65.5 cm³/mol. The van der Waals surface area contributed by atoms with Gasteiger partial charge in [-0.05, 0) is 26.8 Å². The lowest BCUT2D eigenvalue weighted by Crippen LogP contribution is -2.39. The van der Waals surface area contributed by atoms with E-state index in [4.69, 9.17) is 10.5 Å². The molecular weight excluding hydrogens is 236 g/mol. The van der Waals surface area contributed by atoms with Crippen LogP contribution in [0.2, 0.25) is 0 Å². The van der Waals surface area contributed by atoms with Crippen LogP contribution in [0.1, 0.15) is 20.8 Å². The minimum absolute atomic E-state index is 0.00423. The number of nitrogens with two attached hydrogens (primary N) is 1. The molecule has 0 aliphatic carbocycles. The third kappa shape index (κ3) is 4.44. The molecule has 1 amide bonds. The quantitative estimate of drug-likeness (QED) is 0.716. The molecule has 7 heteroatoms. The summed E-state index contributed by atoms with van der Waals surface area (Å²) in [5.41, 5.74) is 5.41. The SMILES string of the molecule is CC(C)NC(=O)C(C)OC(=O)Cn1ccc(N)n1. The maximum atomic E-state index is 11.5. The molecule has 0 aliphatic heterocycles. The molecule has 1 aromatic heterocycles. The molecule has 0 aliphatic rings. The smallest absolute Gasteiger partial charge is 0.328 e. The Hall–Kier alpha value is -2.05. The van der Waals surface area contributed by atoms with E-state index < -0.39 is 12.1 Å². The van der Waals surface area contributed by atoms with Crippen molar-refractivity contribution in [1.82, 2.24) is 15.1 Å². The van der Waals surface area contributed by atoms with Gasteiger partial charge in [0.15, 0.2) is 6.10 Å². The Morgan fingerprint density at radius 1 is 1.50 bits per heavy atom. The molecule has 1 atom stereocenters. The number of esters is 1. The van der Waals surface area contributed by atoms with Gasteiger partial charge in [-0.1, -0.05) is 0 Å². The van der Waals surface area contributed by atoms with Crippen molar-refractivity contribution in [2.75, 3.05) is 5.73 Å². The molecule has 0 spiro atoms. The Kier molecular flexibility index (Phi) is 4.70. The fourth-order valence-electron chi connectivity index (χ4n) is 1.29. The highest BCUT2D eigenvalue weighted by Crippen LogP contribution is 1.99. The van der Waals surface area contributed by atoms with Crippen molar-refractivity contribution in [3.8, 4) is 0 Å². The minimum Gasteiger partial charge on any atom is -0.451 e. The lowest BCUT2D eigenvalue weighted by Gasteiger charge is -2.15. The summed E-state index contributed by atoms with van der Waals surface area (Å²) in [6, 6.07) is 1.58. The van der Waals surface area contributed by atoms with Crippen LogP contribution >= 0.6 is 0 Å². The molecule has 7 nitrogen and oxygen atoms in total. The van der Waals surface area contributed by atoms with Gasteiger partial charge in [0, 0.05) is 12.2 Å². The number of hydrogen-bond donors (Lipinski definition) is 2. The number of carbonyl (C=O) groups excluding carboxylic acids is 2. The summed E-state index contributed by atoms with van der Waals surface area (Å²) < 4.78 is 6.33. The van der Waals surface area contributed by atoms with Crippen molar-refractivity contribution in [2.24, 2.45) is 0 Å². The molecule has 1 heterocycles. The van der Waals surface area contributed by atoms with Gasteiger partial charge >= 0.3 is 5.97 Å². The highest BCUT2D eigenvalue weighted by Gasteiger charge is 2.18. The third-order valence-corrected chi connectivity index (χ3v) is 2.06. The monoisotopic (exact) mass is 254 g/mol. The van der Waals surface area contributed by atoms with Gasteiger partial charge in [-0.15, -0.1) is 0 Å². The average Bonchev–Trinajstić information content (AvgIpc) is 2.62. The first-order valence-corrected chi connectivity index (χ1v) is 5.67. The summed E-state index contributed by atoms with van der Waals surface area (Å²) in [6.07, 6.45) is 0.739. The van der Waals surface area contributed by atoms with Crippen LogP contribution in [0.15, 0.2) is 12.3 Å². The molecule has 1 aromatic rings. The normalized spacial score (nSPS) is 12.2. The molecule has 0 bridgehead atoms. The number of amides is 1. The van der Waals surface area contributed by atoms with E-state index in [0.29, 0.717) is 5.82 Å². The van der Waals surface area contributed by atoms with Crippen LogP contribution in [-0.4, -0.2) is 33.8 Å². The van der Waals surface area contributed by atoms with E-state index >= 15 is 0 Å². The Morgan fingerprint density at radius 2 is 2.17 bits per heavy atom. The number of aromatic nitrogens is 2. The standard InChI is InChI=1S/C11H18N4O3/c1-7(2)13-11(17)8(3)18-10(16)6-15-5-4-9(12)14-15/h4-5,7-8H,6H2,1-3H3,(H2,12,14)(H,13,17). The lowest BCUT2D eigenvalue weighted by atomic mass is 10.3. The van der Waals surface area contributed by atoms with Crippen LogP contribution in [0.3, 0.4) is 0 Å². The molecule has 3 N–H and O–H groups in total. The molecule has 0 saturated heterocycles. The lowest BCUT2D eigenvalue weighted by molar-refractivity contribution is -0.155. The molecule has 0 radical (unpaired) electrons. The Balaban J connectivity index is 2.42. The molecule has 1 unspecified atom stereocenters. The van der Waals surface area contributed by atoms with Crippen molar-refractivity contribution in [2.45, 2.75) is 39.5 Å². The summed E-state index contributed by atoms with van der Waals surface area (Å²) in [6.45, 7) is 5.11. The maximum absolute atomic E-state index is 11.5. The molecule has 1 rings (SSSR count). The Morgan fingerprint density at radius 3 is 2.67 bits per heavy atom. The molecule has 100 valence electrons. The number of nitrogen functional groups attached to an aromatic ring is 1. The van der Waals surface area contributed by atoms with E-state index in [1.165, 1.54) is 11.6 Å². The molecular formula is C11H18N4O3. The van der Waals surface area contributed by atoms with Crippen LogP contribution in [0.25, 0.3) is 0 Å². The number of carbonyl (C=O) groups is 2. The predicted octanol–water partition coefficient (Wildman–Crippen LogP) is -0.0784. The highest BCUT2D eigenvalue weighted by molar-refractivity contribution is 5.83. The van der Waals surface area contributed by atoms with Crippen LogP contribution < -0.4 is 11.1 Å². The number of nitrogens with one attached hydrogen (secondary N) is 1. The topological polar surface area (TPSA) is 99.2 Å². The van der Waals surface area contributed by atoms with E-state index in [0.717, 1.165) is 0 Å². The van der Waals surface area contributed by atoms with E-state index in [2.05, 4.69) is 10.4 Å². The first-order valence-electron chi connectivity index (χ1n) is 5.67. The summed E-state index contributed by atoms with van der Waals surface area (Å²) in [5, 5.41) is 6.50. The van der Waals surface area contributed by atoms with Crippen molar-refractivity contribution >= 4 is 17.7 Å². The van der Waals surface area contributed by atoms with E-state index in [9.17, 15) is 9.59 Å². The second-order valence-electron chi connectivity index (χ2n) is 4.23. The van der Waals surface area contributed by atoms with E-state index in [1.807, 2.05) is 13.8 Å². The number of rotatable bonds is 5. The Bertz CT molecular complexity index is 428.